The highest BCUT2D eigenvalue weighted by molar-refractivity contribution is 9.10. The van der Waals surface area contributed by atoms with Crippen molar-refractivity contribution in [1.82, 2.24) is 4.31 Å². The van der Waals surface area contributed by atoms with Crippen LogP contribution < -0.4 is 5.73 Å². The minimum Gasteiger partial charge on any atom is -0.396 e. The van der Waals surface area contributed by atoms with E-state index in [1.54, 1.807) is 6.92 Å². The summed E-state index contributed by atoms with van der Waals surface area (Å²) in [6.45, 7) is 2.71. The summed E-state index contributed by atoms with van der Waals surface area (Å²) in [5.41, 5.74) is 5.33. The zero-order valence-electron chi connectivity index (χ0n) is 11.3. The molecule has 0 spiro atoms. The summed E-state index contributed by atoms with van der Waals surface area (Å²) >= 11 is 3.11. The second-order valence-corrected chi connectivity index (χ2v) is 7.82. The van der Waals surface area contributed by atoms with Gasteiger partial charge in [-0.1, -0.05) is 13.3 Å². The Labute approximate surface area is 127 Å². The highest BCUT2D eigenvalue weighted by Crippen LogP contribution is 2.32. The Balaban J connectivity index is 2.34. The molecule has 0 bridgehead atoms. The fourth-order valence-electron chi connectivity index (χ4n) is 2.24. The van der Waals surface area contributed by atoms with Crippen molar-refractivity contribution < 1.29 is 12.8 Å². The normalized spacial score (nSPS) is 16.4. The summed E-state index contributed by atoms with van der Waals surface area (Å²) in [4.78, 5) is 0.0255. The molecular formula is C13H18BrFN2O2S. The summed E-state index contributed by atoms with van der Waals surface area (Å²) in [5.74, 6) is -0.195. The lowest BCUT2D eigenvalue weighted by Crippen LogP contribution is -2.37. The predicted molar refractivity (Wildman–Crippen MR) is 80.3 cm³/mol. The zero-order chi connectivity index (χ0) is 14.9. The fraction of sp³-hybridized carbons (Fsp3) is 0.538. The van der Waals surface area contributed by atoms with Crippen LogP contribution in [0.1, 0.15) is 26.2 Å². The average Bonchev–Trinajstić information content (AvgIpc) is 2.32. The Kier molecular flexibility index (Phi) is 4.71. The molecule has 0 aliphatic heterocycles. The first-order valence-corrected chi connectivity index (χ1v) is 8.84. The molecule has 0 atom stereocenters. The third-order valence-corrected chi connectivity index (χ3v) is 6.61. The van der Waals surface area contributed by atoms with E-state index in [1.807, 2.05) is 0 Å². The van der Waals surface area contributed by atoms with Gasteiger partial charge in [-0.25, -0.2) is 12.8 Å². The monoisotopic (exact) mass is 364 g/mol. The van der Waals surface area contributed by atoms with E-state index in [9.17, 15) is 12.8 Å². The number of halogens is 2. The van der Waals surface area contributed by atoms with E-state index < -0.39 is 15.8 Å². The molecule has 20 heavy (non-hydrogen) atoms. The summed E-state index contributed by atoms with van der Waals surface area (Å²) in [6.07, 6.45) is 3.30. The molecule has 4 nitrogen and oxygen atoms in total. The van der Waals surface area contributed by atoms with Crippen LogP contribution in [0.25, 0.3) is 0 Å². The van der Waals surface area contributed by atoms with Gasteiger partial charge in [0.2, 0.25) is 10.0 Å². The molecule has 1 aliphatic carbocycles. The highest BCUT2D eigenvalue weighted by Gasteiger charge is 2.30. The Morgan fingerprint density at radius 2 is 2.10 bits per heavy atom. The molecule has 0 amide bonds. The van der Waals surface area contributed by atoms with Crippen LogP contribution in [0.4, 0.5) is 10.1 Å². The first-order valence-electron chi connectivity index (χ1n) is 6.61. The third-order valence-electron chi connectivity index (χ3n) is 3.71. The van der Waals surface area contributed by atoms with Crippen molar-refractivity contribution >= 4 is 31.6 Å². The van der Waals surface area contributed by atoms with Crippen molar-refractivity contribution in [2.45, 2.75) is 31.1 Å². The molecule has 112 valence electrons. The lowest BCUT2D eigenvalue weighted by Gasteiger charge is -2.31. The van der Waals surface area contributed by atoms with Crippen molar-refractivity contribution in [3.05, 3.63) is 22.4 Å². The Morgan fingerprint density at radius 3 is 2.60 bits per heavy atom. The number of hydrogen-bond acceptors (Lipinski definition) is 3. The lowest BCUT2D eigenvalue weighted by molar-refractivity contribution is 0.250. The molecule has 1 aliphatic rings. The number of sulfonamides is 1. The van der Waals surface area contributed by atoms with Crippen LogP contribution in [0.3, 0.4) is 0 Å². The van der Waals surface area contributed by atoms with Crippen molar-refractivity contribution in [2.24, 2.45) is 5.92 Å². The second-order valence-electron chi connectivity index (χ2n) is 5.06. The van der Waals surface area contributed by atoms with Gasteiger partial charge in [0.1, 0.15) is 5.82 Å². The van der Waals surface area contributed by atoms with E-state index in [0.29, 0.717) is 19.0 Å². The molecule has 0 aromatic heterocycles. The van der Waals surface area contributed by atoms with E-state index >= 15 is 0 Å². The van der Waals surface area contributed by atoms with Gasteiger partial charge in [-0.15, -0.1) is 0 Å². The van der Waals surface area contributed by atoms with Crippen LogP contribution in [-0.4, -0.2) is 25.8 Å². The molecule has 1 fully saturated rings. The van der Waals surface area contributed by atoms with Crippen molar-refractivity contribution in [3.8, 4) is 0 Å². The number of hydrogen-bond donors (Lipinski definition) is 1. The largest absolute Gasteiger partial charge is 0.396 e. The summed E-state index contributed by atoms with van der Waals surface area (Å²) in [6, 6.07) is 2.28. The maximum absolute atomic E-state index is 13.3. The number of nitrogens with two attached hydrogens (primary N) is 1. The van der Waals surface area contributed by atoms with E-state index in [0.717, 1.165) is 25.3 Å². The Bertz CT molecular complexity index is 603. The van der Waals surface area contributed by atoms with Crippen LogP contribution in [0.5, 0.6) is 0 Å². The summed E-state index contributed by atoms with van der Waals surface area (Å²) in [7, 11) is -3.65. The van der Waals surface area contributed by atoms with Crippen LogP contribution in [0, 0.1) is 11.7 Å². The molecule has 1 aromatic rings. The van der Waals surface area contributed by atoms with Gasteiger partial charge in [0.05, 0.1) is 10.6 Å². The van der Waals surface area contributed by atoms with Gasteiger partial charge >= 0.3 is 0 Å². The molecule has 2 rings (SSSR count). The minimum atomic E-state index is -3.65. The standard InChI is InChI=1S/C13H18BrFN2O2S/c1-2-17(8-9-4-3-5-9)20(18,19)13-7-12(16)11(15)6-10(13)14/h6-7,9H,2-5,8,16H2,1H3. The highest BCUT2D eigenvalue weighted by atomic mass is 79.9. The van der Waals surface area contributed by atoms with Crippen molar-refractivity contribution in [3.63, 3.8) is 0 Å². The van der Waals surface area contributed by atoms with Crippen molar-refractivity contribution in [2.75, 3.05) is 18.8 Å². The first-order chi connectivity index (χ1) is 9.36. The lowest BCUT2D eigenvalue weighted by atomic mass is 9.85. The molecular weight excluding hydrogens is 347 g/mol. The fourth-order valence-corrected chi connectivity index (χ4v) is 4.78. The molecule has 2 N–H and O–H groups in total. The smallest absolute Gasteiger partial charge is 0.244 e. The number of benzene rings is 1. The average molecular weight is 365 g/mol. The van der Waals surface area contributed by atoms with Gasteiger partial charge in [-0.3, -0.25) is 0 Å². The predicted octanol–water partition coefficient (Wildman–Crippen LogP) is 2.98. The molecule has 0 unspecified atom stereocenters. The van der Waals surface area contributed by atoms with Gasteiger partial charge in [-0.2, -0.15) is 4.31 Å². The van der Waals surface area contributed by atoms with Gasteiger partial charge in [0.15, 0.2) is 0 Å². The molecule has 7 heteroatoms. The number of nitrogens with zero attached hydrogens (tertiary/aromatic N) is 1. The summed E-state index contributed by atoms with van der Waals surface area (Å²) < 4.78 is 40.3. The van der Waals surface area contributed by atoms with Crippen LogP contribution in [0.2, 0.25) is 0 Å². The maximum atomic E-state index is 13.3. The summed E-state index contributed by atoms with van der Waals surface area (Å²) in [5, 5.41) is 0. The van der Waals surface area contributed by atoms with Crippen LogP contribution >= 0.6 is 15.9 Å². The molecule has 0 saturated heterocycles. The molecule has 0 radical (unpaired) electrons. The number of nitrogen functional groups attached to an aromatic ring is 1. The Morgan fingerprint density at radius 1 is 1.45 bits per heavy atom. The van der Waals surface area contributed by atoms with E-state index in [2.05, 4.69) is 15.9 Å². The zero-order valence-corrected chi connectivity index (χ0v) is 13.7. The van der Waals surface area contributed by atoms with Gasteiger partial charge < -0.3 is 5.73 Å². The molecule has 0 heterocycles. The number of anilines is 1. The van der Waals surface area contributed by atoms with Crippen molar-refractivity contribution in [1.29, 1.82) is 0 Å². The topological polar surface area (TPSA) is 63.4 Å². The minimum absolute atomic E-state index is 0.0255. The van der Waals surface area contributed by atoms with Crippen LogP contribution in [0.15, 0.2) is 21.5 Å². The SMILES string of the molecule is CCN(CC1CCC1)S(=O)(=O)c1cc(N)c(F)cc1Br. The van der Waals surface area contributed by atoms with Gasteiger partial charge in [0, 0.05) is 17.6 Å². The van der Waals surface area contributed by atoms with Crippen LogP contribution in [-0.2, 0) is 10.0 Å². The maximum Gasteiger partial charge on any atom is 0.244 e. The molecule has 1 saturated carbocycles. The Hall–Kier alpha value is -0.660. The van der Waals surface area contributed by atoms with E-state index in [4.69, 9.17) is 5.73 Å². The van der Waals surface area contributed by atoms with Gasteiger partial charge in [0.25, 0.3) is 0 Å². The van der Waals surface area contributed by atoms with Gasteiger partial charge in [-0.05, 0) is 46.8 Å². The number of rotatable bonds is 5. The van der Waals surface area contributed by atoms with E-state index in [-0.39, 0.29) is 15.1 Å². The van der Waals surface area contributed by atoms with E-state index in [1.165, 1.54) is 10.4 Å². The third kappa shape index (κ3) is 2.99. The first kappa shape index (κ1) is 15.7. The molecule has 1 aromatic carbocycles. The quantitative estimate of drug-likeness (QED) is 0.816. The second kappa shape index (κ2) is 5.99.